The lowest BCUT2D eigenvalue weighted by atomic mass is 10.0. The second kappa shape index (κ2) is 11.1. The largest absolute Gasteiger partial charge is 0.497 e. The highest BCUT2D eigenvalue weighted by Gasteiger charge is 2.17. The summed E-state index contributed by atoms with van der Waals surface area (Å²) in [6, 6.07) is 24.1. The lowest BCUT2D eigenvalue weighted by Crippen LogP contribution is -2.33. The molecule has 2 amide bonds. The van der Waals surface area contributed by atoms with E-state index in [0.717, 1.165) is 42.5 Å². The molecule has 3 aromatic carbocycles. The summed E-state index contributed by atoms with van der Waals surface area (Å²) in [5, 5.41) is 7.20. The van der Waals surface area contributed by atoms with Gasteiger partial charge in [0.1, 0.15) is 11.4 Å². The zero-order valence-corrected chi connectivity index (χ0v) is 19.1. The summed E-state index contributed by atoms with van der Waals surface area (Å²) in [7, 11) is 1.59. The first-order chi connectivity index (χ1) is 16.6. The molecular weight excluding hydrogens is 426 g/mol. The first-order valence-corrected chi connectivity index (χ1v) is 11.3. The summed E-state index contributed by atoms with van der Waals surface area (Å²) in [4.78, 5) is 25.9. The molecule has 0 bridgehead atoms. The number of amides is 2. The number of rotatable bonds is 6. The van der Waals surface area contributed by atoms with Gasteiger partial charge in [0, 0.05) is 11.1 Å². The maximum atomic E-state index is 13.2. The van der Waals surface area contributed by atoms with E-state index >= 15 is 0 Å². The Morgan fingerprint density at radius 3 is 2.35 bits per heavy atom. The van der Waals surface area contributed by atoms with Crippen LogP contribution in [0.5, 0.6) is 5.75 Å². The van der Waals surface area contributed by atoms with Gasteiger partial charge in [-0.2, -0.15) is 5.10 Å². The maximum absolute atomic E-state index is 13.2. The van der Waals surface area contributed by atoms with Gasteiger partial charge in [0.15, 0.2) is 0 Å². The minimum Gasteiger partial charge on any atom is -0.497 e. The number of carbonyl (C=O) groups is 2. The fraction of sp³-hybridized carbons (Fsp3) is 0.179. The lowest BCUT2D eigenvalue weighted by molar-refractivity contribution is -0.117. The number of benzene rings is 3. The van der Waals surface area contributed by atoms with E-state index in [0.29, 0.717) is 11.3 Å². The molecule has 0 heterocycles. The van der Waals surface area contributed by atoms with Crippen molar-refractivity contribution in [2.24, 2.45) is 5.10 Å². The van der Waals surface area contributed by atoms with Gasteiger partial charge in [-0.25, -0.2) is 5.43 Å². The Morgan fingerprint density at radius 1 is 0.882 bits per heavy atom. The number of fused-ring (bicyclic) bond motifs is 1. The van der Waals surface area contributed by atoms with Crippen molar-refractivity contribution in [1.29, 1.82) is 0 Å². The summed E-state index contributed by atoms with van der Waals surface area (Å²) in [5.41, 5.74) is 7.11. The van der Waals surface area contributed by atoms with Gasteiger partial charge < -0.3 is 10.1 Å². The molecule has 0 fully saturated rings. The second-order valence-electron chi connectivity index (χ2n) is 8.02. The van der Waals surface area contributed by atoms with E-state index in [4.69, 9.17) is 4.74 Å². The standard InChI is InChI=1S/C28H27N3O3/c1-34-23-17-15-20(16-18-23)19-26(29-27(32)22-11-3-2-4-12-22)28(33)31-30-25-14-8-6-10-21-9-5-7-13-24(21)25/h2-5,7,9,11-13,15-19H,6,8,10,14H2,1H3,(H,29,32)(H,31,33)/b26-19-,30-25?. The number of nitrogens with zero attached hydrogens (tertiary/aromatic N) is 1. The smallest absolute Gasteiger partial charge is 0.287 e. The number of nitrogens with one attached hydrogen (secondary N) is 2. The predicted molar refractivity (Wildman–Crippen MR) is 134 cm³/mol. The van der Waals surface area contributed by atoms with Crippen LogP contribution in [-0.4, -0.2) is 24.6 Å². The van der Waals surface area contributed by atoms with Crippen molar-refractivity contribution in [3.63, 3.8) is 0 Å². The molecular formula is C28H27N3O3. The summed E-state index contributed by atoms with van der Waals surface area (Å²) >= 11 is 0. The Morgan fingerprint density at radius 2 is 1.59 bits per heavy atom. The molecule has 4 rings (SSSR count). The van der Waals surface area contributed by atoms with Crippen LogP contribution in [0.15, 0.2) is 89.7 Å². The highest BCUT2D eigenvalue weighted by molar-refractivity contribution is 6.07. The van der Waals surface area contributed by atoms with E-state index in [2.05, 4.69) is 21.9 Å². The molecule has 0 radical (unpaired) electrons. The van der Waals surface area contributed by atoms with Gasteiger partial charge >= 0.3 is 0 Å². The average molecular weight is 454 g/mol. The second-order valence-corrected chi connectivity index (χ2v) is 8.02. The summed E-state index contributed by atoms with van der Waals surface area (Å²) < 4.78 is 5.20. The van der Waals surface area contributed by atoms with Crippen LogP contribution in [0.2, 0.25) is 0 Å². The van der Waals surface area contributed by atoms with E-state index in [1.807, 2.05) is 36.4 Å². The van der Waals surface area contributed by atoms with E-state index in [1.165, 1.54) is 5.56 Å². The van der Waals surface area contributed by atoms with Crippen LogP contribution in [0.25, 0.3) is 6.08 Å². The SMILES string of the molecule is COc1ccc(/C=C(\NC(=O)c2ccccc2)C(=O)NN=C2CCCCc3ccccc32)cc1. The molecule has 6 nitrogen and oxygen atoms in total. The fourth-order valence-electron chi connectivity index (χ4n) is 3.87. The van der Waals surface area contributed by atoms with Crippen LogP contribution in [0.1, 0.15) is 46.3 Å². The molecule has 0 spiro atoms. The number of aryl methyl sites for hydroxylation is 1. The molecule has 0 saturated heterocycles. The van der Waals surface area contributed by atoms with Gasteiger partial charge in [-0.3, -0.25) is 9.59 Å². The zero-order chi connectivity index (χ0) is 23.8. The molecule has 1 aliphatic carbocycles. The molecule has 6 heteroatoms. The summed E-state index contributed by atoms with van der Waals surface area (Å²) in [6.45, 7) is 0. The van der Waals surface area contributed by atoms with Crippen molar-refractivity contribution in [2.75, 3.05) is 7.11 Å². The number of carbonyl (C=O) groups excluding carboxylic acids is 2. The third kappa shape index (κ3) is 5.78. The maximum Gasteiger partial charge on any atom is 0.287 e. The van der Waals surface area contributed by atoms with Crippen molar-refractivity contribution in [2.45, 2.75) is 25.7 Å². The molecule has 34 heavy (non-hydrogen) atoms. The van der Waals surface area contributed by atoms with Gasteiger partial charge in [-0.05, 0) is 67.2 Å². The first kappa shape index (κ1) is 23.0. The Labute approximate surface area is 199 Å². The Kier molecular flexibility index (Phi) is 7.50. The third-order valence-electron chi connectivity index (χ3n) is 5.69. The summed E-state index contributed by atoms with van der Waals surface area (Å²) in [5.74, 6) is -0.160. The van der Waals surface area contributed by atoms with Crippen molar-refractivity contribution < 1.29 is 14.3 Å². The number of ether oxygens (including phenoxy) is 1. The monoisotopic (exact) mass is 453 g/mol. The minimum absolute atomic E-state index is 0.102. The average Bonchev–Trinajstić information content (AvgIpc) is 3.10. The normalized spacial score (nSPS) is 14.6. The molecule has 0 saturated carbocycles. The third-order valence-corrected chi connectivity index (χ3v) is 5.69. The van der Waals surface area contributed by atoms with E-state index in [9.17, 15) is 9.59 Å². The topological polar surface area (TPSA) is 79.8 Å². The number of hydrogen-bond donors (Lipinski definition) is 2. The minimum atomic E-state index is -0.491. The van der Waals surface area contributed by atoms with Gasteiger partial charge in [0.05, 0.1) is 12.8 Å². The highest BCUT2D eigenvalue weighted by atomic mass is 16.5. The van der Waals surface area contributed by atoms with Crippen LogP contribution in [0, 0.1) is 0 Å². The van der Waals surface area contributed by atoms with Crippen molar-refractivity contribution in [3.05, 3.63) is 107 Å². The first-order valence-electron chi connectivity index (χ1n) is 11.3. The molecule has 0 atom stereocenters. The van der Waals surface area contributed by atoms with E-state index < -0.39 is 5.91 Å². The molecule has 172 valence electrons. The lowest BCUT2D eigenvalue weighted by Gasteiger charge is -2.11. The van der Waals surface area contributed by atoms with Crippen LogP contribution in [0.4, 0.5) is 0 Å². The molecule has 2 N–H and O–H groups in total. The van der Waals surface area contributed by atoms with Crippen molar-refractivity contribution in [3.8, 4) is 5.75 Å². The van der Waals surface area contributed by atoms with E-state index in [-0.39, 0.29) is 11.6 Å². The number of hydrogen-bond acceptors (Lipinski definition) is 4. The summed E-state index contributed by atoms with van der Waals surface area (Å²) in [6.07, 6.45) is 5.49. The fourth-order valence-corrected chi connectivity index (χ4v) is 3.87. The van der Waals surface area contributed by atoms with Gasteiger partial charge in [-0.1, -0.05) is 54.6 Å². The Bertz CT molecular complexity index is 1220. The van der Waals surface area contributed by atoms with Crippen molar-refractivity contribution in [1.82, 2.24) is 10.7 Å². The molecule has 1 aliphatic rings. The number of hydrazone groups is 1. The van der Waals surface area contributed by atoms with Crippen LogP contribution < -0.4 is 15.5 Å². The zero-order valence-electron chi connectivity index (χ0n) is 19.1. The Balaban J connectivity index is 1.60. The highest BCUT2D eigenvalue weighted by Crippen LogP contribution is 2.21. The number of methoxy groups -OCH3 is 1. The van der Waals surface area contributed by atoms with Gasteiger partial charge in [0.2, 0.25) is 0 Å². The van der Waals surface area contributed by atoms with Gasteiger partial charge in [0.25, 0.3) is 11.8 Å². The molecule has 0 unspecified atom stereocenters. The Hall–Kier alpha value is -4.19. The van der Waals surface area contributed by atoms with Crippen molar-refractivity contribution >= 4 is 23.6 Å². The van der Waals surface area contributed by atoms with Crippen LogP contribution in [-0.2, 0) is 11.2 Å². The van der Waals surface area contributed by atoms with Gasteiger partial charge in [-0.15, -0.1) is 0 Å². The quantitative estimate of drug-likeness (QED) is 0.322. The van der Waals surface area contributed by atoms with E-state index in [1.54, 1.807) is 49.6 Å². The predicted octanol–water partition coefficient (Wildman–Crippen LogP) is 4.71. The molecule has 0 aromatic heterocycles. The van der Waals surface area contributed by atoms with Crippen LogP contribution >= 0.6 is 0 Å². The van der Waals surface area contributed by atoms with Crippen LogP contribution in [0.3, 0.4) is 0 Å². The molecule has 0 aliphatic heterocycles. The molecule has 3 aromatic rings.